The van der Waals surface area contributed by atoms with Crippen LogP contribution in [0.2, 0.25) is 0 Å². The maximum absolute atomic E-state index is 12.3. The van der Waals surface area contributed by atoms with Gasteiger partial charge in [-0.3, -0.25) is 14.5 Å². The van der Waals surface area contributed by atoms with Crippen molar-refractivity contribution >= 4 is 27.7 Å². The van der Waals surface area contributed by atoms with Crippen molar-refractivity contribution in [2.45, 2.75) is 19.3 Å². The number of carbonyl (C=O) groups excluding carboxylic acids is 2. The number of halogens is 1. The number of piperazine rings is 1. The molecular formula is C19H26BrN3O3. The number of rotatable bonds is 5. The Bertz CT molecular complexity index is 609. The molecule has 1 aromatic rings. The Labute approximate surface area is 163 Å². The fraction of sp³-hybridized carbons (Fsp3) is 0.579. The van der Waals surface area contributed by atoms with Gasteiger partial charge in [-0.05, 0) is 43.5 Å². The molecule has 142 valence electrons. The van der Waals surface area contributed by atoms with Gasteiger partial charge < -0.3 is 14.5 Å². The molecule has 0 N–H and O–H groups in total. The van der Waals surface area contributed by atoms with Crippen LogP contribution in [0.4, 0.5) is 0 Å². The lowest BCUT2D eigenvalue weighted by Gasteiger charge is -2.36. The highest BCUT2D eigenvalue weighted by Gasteiger charge is 2.24. The van der Waals surface area contributed by atoms with Crippen LogP contribution < -0.4 is 4.74 Å². The van der Waals surface area contributed by atoms with Gasteiger partial charge in [0.05, 0.1) is 6.54 Å². The summed E-state index contributed by atoms with van der Waals surface area (Å²) >= 11 is 3.37. The molecule has 0 unspecified atom stereocenters. The molecule has 7 heteroatoms. The number of benzene rings is 1. The van der Waals surface area contributed by atoms with Gasteiger partial charge in [-0.25, -0.2) is 0 Å². The van der Waals surface area contributed by atoms with Crippen molar-refractivity contribution in [3.05, 3.63) is 28.7 Å². The lowest BCUT2D eigenvalue weighted by molar-refractivity contribution is -0.136. The van der Waals surface area contributed by atoms with E-state index in [9.17, 15) is 9.59 Å². The van der Waals surface area contributed by atoms with Gasteiger partial charge in [0, 0.05) is 43.7 Å². The summed E-state index contributed by atoms with van der Waals surface area (Å²) in [7, 11) is 0. The molecule has 2 amide bonds. The normalized spacial score (nSPS) is 18.7. The van der Waals surface area contributed by atoms with Gasteiger partial charge in [-0.1, -0.05) is 15.9 Å². The minimum atomic E-state index is -0.00470. The highest BCUT2D eigenvalue weighted by Crippen LogP contribution is 2.16. The number of piperidine rings is 1. The SMILES string of the molecule is O=C(COc1ccc(Br)cc1)N1CCN(CC(=O)N2CCCCC2)CC1. The molecule has 2 saturated heterocycles. The number of hydrogen-bond acceptors (Lipinski definition) is 4. The van der Waals surface area contributed by atoms with Gasteiger partial charge in [0.2, 0.25) is 5.91 Å². The van der Waals surface area contributed by atoms with Gasteiger partial charge in [0.25, 0.3) is 5.91 Å². The summed E-state index contributed by atoms with van der Waals surface area (Å²) < 4.78 is 6.54. The van der Waals surface area contributed by atoms with Crippen LogP contribution in [0.25, 0.3) is 0 Å². The standard InChI is InChI=1S/C19H26BrN3O3/c20-16-4-6-17(7-5-16)26-15-19(25)23-12-10-21(11-13-23)14-18(24)22-8-2-1-3-9-22/h4-7H,1-3,8-15H2. The van der Waals surface area contributed by atoms with Gasteiger partial charge in [0.1, 0.15) is 5.75 Å². The van der Waals surface area contributed by atoms with E-state index in [0.29, 0.717) is 25.4 Å². The van der Waals surface area contributed by atoms with Crippen LogP contribution in [0.5, 0.6) is 5.75 Å². The van der Waals surface area contributed by atoms with E-state index in [0.717, 1.165) is 43.5 Å². The van der Waals surface area contributed by atoms with Crippen molar-refractivity contribution in [1.82, 2.24) is 14.7 Å². The van der Waals surface area contributed by atoms with Crippen LogP contribution in [0.3, 0.4) is 0 Å². The summed E-state index contributed by atoms with van der Waals surface area (Å²) in [4.78, 5) is 30.6. The Hall–Kier alpha value is -1.60. The smallest absolute Gasteiger partial charge is 0.260 e. The van der Waals surface area contributed by atoms with E-state index >= 15 is 0 Å². The summed E-state index contributed by atoms with van der Waals surface area (Å²) in [5.41, 5.74) is 0. The molecule has 2 fully saturated rings. The molecule has 0 atom stereocenters. The highest BCUT2D eigenvalue weighted by molar-refractivity contribution is 9.10. The van der Waals surface area contributed by atoms with Gasteiger partial charge >= 0.3 is 0 Å². The van der Waals surface area contributed by atoms with Gasteiger partial charge in [-0.15, -0.1) is 0 Å². The first kappa shape index (κ1) is 19.2. The summed E-state index contributed by atoms with van der Waals surface area (Å²) in [5, 5.41) is 0. The Balaban J connectivity index is 1.38. The van der Waals surface area contributed by atoms with Crippen molar-refractivity contribution in [3.8, 4) is 5.75 Å². The molecule has 0 spiro atoms. The molecule has 1 aromatic carbocycles. The minimum absolute atomic E-state index is 0.00470. The molecule has 2 aliphatic heterocycles. The van der Waals surface area contributed by atoms with Gasteiger partial charge in [-0.2, -0.15) is 0 Å². The second-order valence-corrected chi connectivity index (χ2v) is 7.76. The summed E-state index contributed by atoms with van der Waals surface area (Å²) in [5.74, 6) is 0.908. The van der Waals surface area contributed by atoms with E-state index in [2.05, 4.69) is 20.8 Å². The molecule has 3 rings (SSSR count). The Morgan fingerprint density at radius 2 is 1.46 bits per heavy atom. The first-order valence-electron chi connectivity index (χ1n) is 9.28. The maximum atomic E-state index is 12.3. The summed E-state index contributed by atoms with van der Waals surface area (Å²) in [6, 6.07) is 7.44. The fourth-order valence-corrected chi connectivity index (χ4v) is 3.62. The largest absolute Gasteiger partial charge is 0.484 e. The third-order valence-corrected chi connectivity index (χ3v) is 5.50. The minimum Gasteiger partial charge on any atom is -0.484 e. The monoisotopic (exact) mass is 423 g/mol. The summed E-state index contributed by atoms with van der Waals surface area (Å²) in [6.45, 7) is 5.08. The zero-order chi connectivity index (χ0) is 18.4. The third kappa shape index (κ3) is 5.45. The van der Waals surface area contributed by atoms with Gasteiger partial charge in [0.15, 0.2) is 6.61 Å². The van der Waals surface area contributed by atoms with Crippen LogP contribution in [-0.2, 0) is 9.59 Å². The number of carbonyl (C=O) groups is 2. The quantitative estimate of drug-likeness (QED) is 0.726. The van der Waals surface area contributed by atoms with Crippen LogP contribution in [0.1, 0.15) is 19.3 Å². The average molecular weight is 424 g/mol. The van der Waals surface area contributed by atoms with Crippen molar-refractivity contribution in [3.63, 3.8) is 0 Å². The van der Waals surface area contributed by atoms with Crippen LogP contribution in [0, 0.1) is 0 Å². The number of ether oxygens (including phenoxy) is 1. The van der Waals surface area contributed by atoms with E-state index in [1.165, 1.54) is 6.42 Å². The predicted octanol–water partition coefficient (Wildman–Crippen LogP) is 1.98. The zero-order valence-corrected chi connectivity index (χ0v) is 16.6. The first-order chi connectivity index (χ1) is 12.6. The number of hydrogen-bond donors (Lipinski definition) is 0. The molecule has 0 aliphatic carbocycles. The van der Waals surface area contributed by atoms with Crippen LogP contribution >= 0.6 is 15.9 Å². The topological polar surface area (TPSA) is 53.1 Å². The molecule has 2 heterocycles. The van der Waals surface area contributed by atoms with Crippen molar-refractivity contribution in [2.24, 2.45) is 0 Å². The second kappa shape index (κ2) is 9.37. The van der Waals surface area contributed by atoms with Crippen molar-refractivity contribution in [2.75, 3.05) is 52.4 Å². The molecule has 2 aliphatic rings. The molecule has 0 radical (unpaired) electrons. The predicted molar refractivity (Wildman–Crippen MR) is 103 cm³/mol. The van der Waals surface area contributed by atoms with Crippen molar-refractivity contribution in [1.29, 1.82) is 0 Å². The molecule has 0 aromatic heterocycles. The zero-order valence-electron chi connectivity index (χ0n) is 15.0. The lowest BCUT2D eigenvalue weighted by atomic mass is 10.1. The Morgan fingerprint density at radius 3 is 2.12 bits per heavy atom. The van der Waals surface area contributed by atoms with Crippen LogP contribution in [-0.4, -0.2) is 78.9 Å². The molecule has 26 heavy (non-hydrogen) atoms. The van der Waals surface area contributed by atoms with Crippen LogP contribution in [0.15, 0.2) is 28.7 Å². The maximum Gasteiger partial charge on any atom is 0.260 e. The fourth-order valence-electron chi connectivity index (χ4n) is 3.36. The van der Waals surface area contributed by atoms with E-state index < -0.39 is 0 Å². The molecule has 6 nitrogen and oxygen atoms in total. The number of nitrogens with zero attached hydrogens (tertiary/aromatic N) is 3. The van der Waals surface area contributed by atoms with Crippen molar-refractivity contribution < 1.29 is 14.3 Å². The Kier molecular flexibility index (Phi) is 6.91. The highest BCUT2D eigenvalue weighted by atomic mass is 79.9. The van der Waals surface area contributed by atoms with E-state index in [1.54, 1.807) is 0 Å². The third-order valence-electron chi connectivity index (χ3n) is 4.97. The van der Waals surface area contributed by atoms with E-state index in [4.69, 9.17) is 4.74 Å². The molecule has 0 saturated carbocycles. The Morgan fingerprint density at radius 1 is 0.846 bits per heavy atom. The van der Waals surface area contributed by atoms with E-state index in [1.807, 2.05) is 34.1 Å². The second-order valence-electron chi connectivity index (χ2n) is 6.84. The molecular weight excluding hydrogens is 398 g/mol. The summed E-state index contributed by atoms with van der Waals surface area (Å²) in [6.07, 6.45) is 3.46. The first-order valence-corrected chi connectivity index (χ1v) is 10.1. The number of likely N-dealkylation sites (tertiary alicyclic amines) is 1. The van der Waals surface area contributed by atoms with E-state index in [-0.39, 0.29) is 18.4 Å². The average Bonchev–Trinajstić information content (AvgIpc) is 2.68. The number of amides is 2. The lowest BCUT2D eigenvalue weighted by Crippen LogP contribution is -2.52. The molecule has 0 bridgehead atoms.